The van der Waals surface area contributed by atoms with Crippen LogP contribution >= 0.6 is 11.6 Å². The minimum absolute atomic E-state index is 0.110. The van der Waals surface area contributed by atoms with Gasteiger partial charge in [-0.1, -0.05) is 29.8 Å². The fraction of sp³-hybridized carbons (Fsp3) is 0.0500. The number of phenols is 1. The summed E-state index contributed by atoms with van der Waals surface area (Å²) in [5.41, 5.74) is 11.2. The Bertz CT molecular complexity index is 1300. The summed E-state index contributed by atoms with van der Waals surface area (Å²) in [6, 6.07) is 13.0. The first-order valence-electron chi connectivity index (χ1n) is 8.47. The Labute approximate surface area is 164 Å². The third-order valence-corrected chi connectivity index (χ3v) is 4.98. The van der Waals surface area contributed by atoms with Gasteiger partial charge in [0.25, 0.3) is 0 Å². The van der Waals surface area contributed by atoms with E-state index in [9.17, 15) is 5.11 Å². The molecule has 7 nitrogen and oxygen atoms in total. The van der Waals surface area contributed by atoms with Crippen molar-refractivity contribution in [3.63, 3.8) is 0 Å². The maximum atomic E-state index is 10.1. The largest absolute Gasteiger partial charge is 0.503 e. The molecule has 5 rings (SSSR count). The van der Waals surface area contributed by atoms with Crippen molar-refractivity contribution in [2.24, 2.45) is 4.99 Å². The quantitative estimate of drug-likeness (QED) is 0.476. The van der Waals surface area contributed by atoms with E-state index in [1.165, 1.54) is 7.11 Å². The number of para-hydroxylation sites is 1. The van der Waals surface area contributed by atoms with Crippen molar-refractivity contribution in [3.05, 3.63) is 64.8 Å². The van der Waals surface area contributed by atoms with Crippen LogP contribution in [0.15, 0.2) is 53.7 Å². The monoisotopic (exact) mass is 391 g/mol. The zero-order valence-corrected chi connectivity index (χ0v) is 15.5. The van der Waals surface area contributed by atoms with Crippen LogP contribution < -0.4 is 10.5 Å². The van der Waals surface area contributed by atoms with Crippen LogP contribution in [0.1, 0.15) is 11.1 Å². The second kappa shape index (κ2) is 5.97. The number of hydrogen-bond donors (Lipinski definition) is 2. The number of anilines is 1. The van der Waals surface area contributed by atoms with Gasteiger partial charge in [0.15, 0.2) is 11.5 Å². The van der Waals surface area contributed by atoms with E-state index in [1.807, 2.05) is 36.5 Å². The van der Waals surface area contributed by atoms with Crippen molar-refractivity contribution < 1.29 is 9.84 Å². The molecule has 1 aliphatic heterocycles. The molecule has 4 aromatic rings. The van der Waals surface area contributed by atoms with E-state index in [4.69, 9.17) is 27.1 Å². The number of methoxy groups -OCH3 is 1. The lowest BCUT2D eigenvalue weighted by molar-refractivity contribution is 0.373. The lowest BCUT2D eigenvalue weighted by atomic mass is 10.0. The molecule has 3 N–H and O–H groups in total. The molecule has 0 saturated carbocycles. The second-order valence-electron chi connectivity index (χ2n) is 6.33. The molecule has 0 aliphatic carbocycles. The van der Waals surface area contributed by atoms with Gasteiger partial charge in [-0.15, -0.1) is 5.10 Å². The minimum Gasteiger partial charge on any atom is -0.503 e. The number of aromatic nitrogens is 3. The highest BCUT2D eigenvalue weighted by molar-refractivity contribution is 6.33. The summed E-state index contributed by atoms with van der Waals surface area (Å²) in [5.74, 6) is 0.338. The average molecular weight is 392 g/mol. The predicted molar refractivity (Wildman–Crippen MR) is 108 cm³/mol. The maximum absolute atomic E-state index is 10.1. The molecule has 2 aromatic heterocycles. The smallest absolute Gasteiger partial charge is 0.238 e. The van der Waals surface area contributed by atoms with Gasteiger partial charge in [-0.2, -0.15) is 0 Å². The minimum atomic E-state index is -0.110. The molecule has 0 bridgehead atoms. The fourth-order valence-electron chi connectivity index (χ4n) is 3.46. The van der Waals surface area contributed by atoms with E-state index in [-0.39, 0.29) is 22.5 Å². The molecule has 138 valence electrons. The molecule has 1 aliphatic rings. The van der Waals surface area contributed by atoms with Gasteiger partial charge in [-0.25, -0.2) is 14.5 Å². The average Bonchev–Trinajstić information content (AvgIpc) is 3.05. The SMILES string of the molecule is COc1cc(C2=Nc3ccccc3-c3nc(N)nn4ccc2c34)cc(Cl)c1O. The number of nitrogen functional groups attached to an aromatic ring is 1. The van der Waals surface area contributed by atoms with Gasteiger partial charge >= 0.3 is 0 Å². The molecule has 2 aromatic carbocycles. The van der Waals surface area contributed by atoms with Crippen LogP contribution in [0.3, 0.4) is 0 Å². The highest BCUT2D eigenvalue weighted by atomic mass is 35.5. The summed E-state index contributed by atoms with van der Waals surface area (Å²) in [5, 5.41) is 14.6. The lowest BCUT2D eigenvalue weighted by Gasteiger charge is -2.10. The molecular weight excluding hydrogens is 378 g/mol. The number of aliphatic imine (C=N–C) groups is 1. The number of halogens is 1. The Morgan fingerprint density at radius 3 is 2.79 bits per heavy atom. The second-order valence-corrected chi connectivity index (χ2v) is 6.73. The number of fused-ring (bicyclic) bond motifs is 2. The number of ether oxygens (including phenoxy) is 1. The van der Waals surface area contributed by atoms with Crippen LogP contribution in [-0.2, 0) is 0 Å². The van der Waals surface area contributed by atoms with E-state index in [0.717, 1.165) is 22.3 Å². The molecule has 8 heteroatoms. The van der Waals surface area contributed by atoms with Crippen LogP contribution in [0.2, 0.25) is 5.02 Å². The van der Waals surface area contributed by atoms with Crippen molar-refractivity contribution in [3.8, 4) is 22.8 Å². The molecule has 0 radical (unpaired) electrons. The Morgan fingerprint density at radius 2 is 1.96 bits per heavy atom. The van der Waals surface area contributed by atoms with Crippen molar-refractivity contribution in [2.75, 3.05) is 12.8 Å². The van der Waals surface area contributed by atoms with Gasteiger partial charge in [-0.3, -0.25) is 0 Å². The normalized spacial score (nSPS) is 12.4. The summed E-state index contributed by atoms with van der Waals surface area (Å²) >= 11 is 6.22. The summed E-state index contributed by atoms with van der Waals surface area (Å²) in [7, 11) is 1.47. The zero-order chi connectivity index (χ0) is 19.4. The molecule has 3 heterocycles. The van der Waals surface area contributed by atoms with Gasteiger partial charge in [0.2, 0.25) is 5.95 Å². The molecule has 0 fully saturated rings. The van der Waals surface area contributed by atoms with Crippen LogP contribution in [0.25, 0.3) is 16.8 Å². The van der Waals surface area contributed by atoms with Gasteiger partial charge in [0.1, 0.15) is 11.2 Å². The molecule has 0 saturated heterocycles. The zero-order valence-electron chi connectivity index (χ0n) is 14.7. The topological polar surface area (TPSA) is 98.0 Å². The summed E-state index contributed by atoms with van der Waals surface area (Å²) in [6.07, 6.45) is 1.81. The van der Waals surface area contributed by atoms with Crippen LogP contribution in [-0.4, -0.2) is 32.5 Å². The first kappa shape index (κ1) is 16.6. The van der Waals surface area contributed by atoms with Crippen LogP contribution in [0.4, 0.5) is 11.6 Å². The van der Waals surface area contributed by atoms with Crippen molar-refractivity contribution >= 4 is 34.5 Å². The molecule has 28 heavy (non-hydrogen) atoms. The van der Waals surface area contributed by atoms with E-state index in [0.29, 0.717) is 17.0 Å². The highest BCUT2D eigenvalue weighted by Gasteiger charge is 2.24. The Morgan fingerprint density at radius 1 is 1.14 bits per heavy atom. The van der Waals surface area contributed by atoms with Crippen molar-refractivity contribution in [1.82, 2.24) is 14.6 Å². The molecular formula is C20H14ClN5O2. The third-order valence-electron chi connectivity index (χ3n) is 4.70. The number of rotatable bonds is 2. The first-order chi connectivity index (χ1) is 13.6. The van der Waals surface area contributed by atoms with E-state index in [2.05, 4.69) is 10.1 Å². The number of phenolic OH excluding ortho intramolecular Hbond substituents is 1. The van der Waals surface area contributed by atoms with Crippen molar-refractivity contribution in [1.29, 1.82) is 0 Å². The van der Waals surface area contributed by atoms with Gasteiger partial charge in [0, 0.05) is 22.9 Å². The van der Waals surface area contributed by atoms with E-state index < -0.39 is 0 Å². The third kappa shape index (κ3) is 2.33. The Kier molecular flexibility index (Phi) is 3.53. The highest BCUT2D eigenvalue weighted by Crippen LogP contribution is 2.40. The van der Waals surface area contributed by atoms with Crippen LogP contribution in [0.5, 0.6) is 11.5 Å². The number of aromatic hydroxyl groups is 1. The van der Waals surface area contributed by atoms with E-state index in [1.54, 1.807) is 16.6 Å². The number of nitrogens with two attached hydrogens (primary N) is 1. The number of nitrogens with zero attached hydrogens (tertiary/aromatic N) is 4. The standard InChI is InChI=1S/C20H14ClN5O2/c1-28-15-9-10(8-13(21)19(15)27)16-12-6-7-26-18(12)17(24-20(22)25-26)11-4-2-3-5-14(11)23-16/h2-9,27H,1H3,(H2,22,25). The van der Waals surface area contributed by atoms with Crippen molar-refractivity contribution in [2.45, 2.75) is 0 Å². The molecule has 0 spiro atoms. The van der Waals surface area contributed by atoms with E-state index >= 15 is 0 Å². The summed E-state index contributed by atoms with van der Waals surface area (Å²) < 4.78 is 6.96. The molecule has 0 amide bonds. The Balaban J connectivity index is 1.89. The number of benzene rings is 2. The fourth-order valence-corrected chi connectivity index (χ4v) is 3.67. The van der Waals surface area contributed by atoms with Gasteiger partial charge in [0.05, 0.1) is 23.5 Å². The summed E-state index contributed by atoms with van der Waals surface area (Å²) in [6.45, 7) is 0. The molecule has 0 unspecified atom stereocenters. The van der Waals surface area contributed by atoms with Crippen LogP contribution in [0, 0.1) is 0 Å². The van der Waals surface area contributed by atoms with Gasteiger partial charge in [-0.05, 0) is 24.3 Å². The number of hydrogen-bond acceptors (Lipinski definition) is 6. The molecule has 0 atom stereocenters. The first-order valence-corrected chi connectivity index (χ1v) is 8.85. The maximum Gasteiger partial charge on any atom is 0.238 e. The van der Waals surface area contributed by atoms with Gasteiger partial charge < -0.3 is 15.6 Å². The summed E-state index contributed by atoms with van der Waals surface area (Å²) in [4.78, 5) is 9.38. The lowest BCUT2D eigenvalue weighted by Crippen LogP contribution is -2.06. The Hall–Kier alpha value is -3.58. The predicted octanol–water partition coefficient (Wildman–Crippen LogP) is 3.83.